The van der Waals surface area contributed by atoms with Gasteiger partial charge < -0.3 is 26.5 Å². The third-order valence-corrected chi connectivity index (χ3v) is 5.03. The van der Waals surface area contributed by atoms with Crippen molar-refractivity contribution in [2.45, 2.75) is 51.7 Å². The molecule has 0 saturated carbocycles. The minimum atomic E-state index is -1.14. The van der Waals surface area contributed by atoms with Gasteiger partial charge in [0.05, 0.1) is 6.04 Å². The number of nitrogens with two attached hydrogens (primary N) is 1. The SMILES string of the molecule is CC[C@H](C)[C@H](N)C(=O)N[C@@H](C)C(=O)N[C@@H](Cc1c[nH]c2ccccc12)C(=O)O. The van der Waals surface area contributed by atoms with E-state index in [1.54, 1.807) is 6.20 Å². The molecule has 1 aromatic carbocycles. The number of aliphatic carboxylic acids is 1. The zero-order valence-corrected chi connectivity index (χ0v) is 16.4. The van der Waals surface area contributed by atoms with Crippen LogP contribution in [-0.2, 0) is 20.8 Å². The summed E-state index contributed by atoms with van der Waals surface area (Å²) in [5, 5.41) is 15.5. The molecular formula is C20H28N4O4. The van der Waals surface area contributed by atoms with Gasteiger partial charge in [-0.05, 0) is 24.5 Å². The lowest BCUT2D eigenvalue weighted by atomic mass is 9.99. The van der Waals surface area contributed by atoms with Gasteiger partial charge in [-0.2, -0.15) is 0 Å². The number of carboxylic acid groups (broad SMARTS) is 1. The molecule has 0 aliphatic carbocycles. The van der Waals surface area contributed by atoms with Crippen LogP contribution in [0.2, 0.25) is 0 Å². The number of aromatic nitrogens is 1. The number of rotatable bonds is 9. The molecule has 2 rings (SSSR count). The van der Waals surface area contributed by atoms with Gasteiger partial charge >= 0.3 is 5.97 Å². The van der Waals surface area contributed by atoms with Crippen molar-refractivity contribution in [3.05, 3.63) is 36.0 Å². The fourth-order valence-electron chi connectivity index (χ4n) is 2.90. The number of para-hydroxylation sites is 1. The van der Waals surface area contributed by atoms with Crippen LogP contribution in [0.25, 0.3) is 10.9 Å². The summed E-state index contributed by atoms with van der Waals surface area (Å²) in [6.45, 7) is 5.29. The predicted molar refractivity (Wildman–Crippen MR) is 107 cm³/mol. The van der Waals surface area contributed by atoms with E-state index in [0.29, 0.717) is 0 Å². The van der Waals surface area contributed by atoms with Gasteiger partial charge in [-0.15, -0.1) is 0 Å². The summed E-state index contributed by atoms with van der Waals surface area (Å²) < 4.78 is 0. The molecule has 28 heavy (non-hydrogen) atoms. The Morgan fingerprint density at radius 1 is 1.14 bits per heavy atom. The summed E-state index contributed by atoms with van der Waals surface area (Å²) >= 11 is 0. The first-order valence-corrected chi connectivity index (χ1v) is 9.38. The van der Waals surface area contributed by atoms with E-state index in [-0.39, 0.29) is 12.3 Å². The summed E-state index contributed by atoms with van der Waals surface area (Å²) in [6, 6.07) is 4.80. The molecule has 8 nitrogen and oxygen atoms in total. The molecule has 4 atom stereocenters. The number of aromatic amines is 1. The smallest absolute Gasteiger partial charge is 0.326 e. The highest BCUT2D eigenvalue weighted by molar-refractivity contribution is 5.92. The molecule has 2 amide bonds. The van der Waals surface area contributed by atoms with Crippen molar-refractivity contribution in [2.75, 3.05) is 0 Å². The highest BCUT2D eigenvalue weighted by Crippen LogP contribution is 2.19. The number of hydrogen-bond acceptors (Lipinski definition) is 4. The molecule has 0 bridgehead atoms. The number of carbonyl (C=O) groups is 3. The van der Waals surface area contributed by atoms with E-state index in [1.807, 2.05) is 38.1 Å². The molecule has 0 radical (unpaired) electrons. The standard InChI is InChI=1S/C20H28N4O4/c1-4-11(2)17(21)19(26)23-12(3)18(25)24-16(20(27)28)9-13-10-22-15-8-6-5-7-14(13)15/h5-8,10-12,16-17,22H,4,9,21H2,1-3H3,(H,23,26)(H,24,25)(H,27,28)/t11-,12-,16-,17-/m0/s1. The second kappa shape index (κ2) is 9.36. The number of amides is 2. The quantitative estimate of drug-likeness (QED) is 0.439. The third kappa shape index (κ3) is 5.10. The second-order valence-corrected chi connectivity index (χ2v) is 7.10. The maximum atomic E-state index is 12.4. The van der Waals surface area contributed by atoms with E-state index in [4.69, 9.17) is 5.73 Å². The van der Waals surface area contributed by atoms with Crippen molar-refractivity contribution in [2.24, 2.45) is 11.7 Å². The van der Waals surface area contributed by atoms with Gasteiger partial charge in [-0.25, -0.2) is 4.79 Å². The van der Waals surface area contributed by atoms with Gasteiger partial charge in [0, 0.05) is 23.5 Å². The molecule has 0 fully saturated rings. The van der Waals surface area contributed by atoms with E-state index in [9.17, 15) is 19.5 Å². The van der Waals surface area contributed by atoms with Gasteiger partial charge in [0.25, 0.3) is 0 Å². The molecular weight excluding hydrogens is 360 g/mol. The lowest BCUT2D eigenvalue weighted by molar-refractivity contribution is -0.142. The van der Waals surface area contributed by atoms with Crippen LogP contribution < -0.4 is 16.4 Å². The number of carbonyl (C=O) groups excluding carboxylic acids is 2. The number of carboxylic acids is 1. The summed E-state index contributed by atoms with van der Waals surface area (Å²) in [5.74, 6) is -2.17. The Morgan fingerprint density at radius 3 is 2.46 bits per heavy atom. The van der Waals surface area contributed by atoms with Gasteiger partial charge in [0.15, 0.2) is 0 Å². The number of fused-ring (bicyclic) bond motifs is 1. The van der Waals surface area contributed by atoms with E-state index >= 15 is 0 Å². The van der Waals surface area contributed by atoms with Gasteiger partial charge in [-0.1, -0.05) is 38.5 Å². The predicted octanol–water partition coefficient (Wildman–Crippen LogP) is 1.16. The van der Waals surface area contributed by atoms with Crippen LogP contribution in [0, 0.1) is 5.92 Å². The lowest BCUT2D eigenvalue weighted by Gasteiger charge is -2.22. The van der Waals surface area contributed by atoms with Crippen molar-refractivity contribution >= 4 is 28.7 Å². The zero-order chi connectivity index (χ0) is 20.8. The fourth-order valence-corrected chi connectivity index (χ4v) is 2.90. The average molecular weight is 388 g/mol. The highest BCUT2D eigenvalue weighted by Gasteiger charge is 2.27. The van der Waals surface area contributed by atoms with E-state index in [2.05, 4.69) is 15.6 Å². The molecule has 0 saturated heterocycles. The average Bonchev–Trinajstić information content (AvgIpc) is 3.08. The maximum Gasteiger partial charge on any atom is 0.326 e. The zero-order valence-electron chi connectivity index (χ0n) is 16.4. The summed E-state index contributed by atoms with van der Waals surface area (Å²) in [6.07, 6.45) is 2.60. The maximum absolute atomic E-state index is 12.4. The summed E-state index contributed by atoms with van der Waals surface area (Å²) in [4.78, 5) is 39.3. The first-order valence-electron chi connectivity index (χ1n) is 9.38. The van der Waals surface area contributed by atoms with Crippen LogP contribution in [0.5, 0.6) is 0 Å². The first kappa shape index (κ1) is 21.4. The van der Waals surface area contributed by atoms with Crippen LogP contribution >= 0.6 is 0 Å². The summed E-state index contributed by atoms with van der Waals surface area (Å²) in [7, 11) is 0. The van der Waals surface area contributed by atoms with Crippen LogP contribution in [0.1, 0.15) is 32.8 Å². The Labute approximate surface area is 163 Å². The third-order valence-electron chi connectivity index (χ3n) is 5.03. The Bertz CT molecular complexity index is 848. The molecule has 0 aliphatic rings. The van der Waals surface area contributed by atoms with Crippen LogP contribution in [-0.4, -0.2) is 46.0 Å². The second-order valence-electron chi connectivity index (χ2n) is 7.10. The topological polar surface area (TPSA) is 137 Å². The molecule has 152 valence electrons. The number of H-pyrrole nitrogens is 1. The molecule has 0 unspecified atom stereocenters. The largest absolute Gasteiger partial charge is 0.480 e. The minimum absolute atomic E-state index is 0.0242. The highest BCUT2D eigenvalue weighted by atomic mass is 16.4. The van der Waals surface area contributed by atoms with Crippen molar-refractivity contribution in [3.8, 4) is 0 Å². The Hall–Kier alpha value is -2.87. The van der Waals surface area contributed by atoms with Gasteiger partial charge in [0.2, 0.25) is 11.8 Å². The van der Waals surface area contributed by atoms with Gasteiger partial charge in [-0.3, -0.25) is 9.59 Å². The molecule has 8 heteroatoms. The Morgan fingerprint density at radius 2 is 1.82 bits per heavy atom. The van der Waals surface area contributed by atoms with Crippen LogP contribution in [0.4, 0.5) is 0 Å². The normalized spacial score (nSPS) is 15.4. The number of benzene rings is 1. The monoisotopic (exact) mass is 388 g/mol. The number of hydrogen-bond donors (Lipinski definition) is 5. The Balaban J connectivity index is 2.02. The van der Waals surface area contributed by atoms with Crippen LogP contribution in [0.15, 0.2) is 30.5 Å². The number of nitrogens with one attached hydrogen (secondary N) is 3. The first-order chi connectivity index (χ1) is 13.2. The van der Waals surface area contributed by atoms with Crippen molar-refractivity contribution in [1.29, 1.82) is 0 Å². The van der Waals surface area contributed by atoms with E-state index < -0.39 is 35.9 Å². The molecule has 0 aliphatic heterocycles. The van der Waals surface area contributed by atoms with E-state index in [1.165, 1.54) is 6.92 Å². The molecule has 2 aromatic rings. The molecule has 1 aromatic heterocycles. The van der Waals surface area contributed by atoms with Crippen molar-refractivity contribution in [1.82, 2.24) is 15.6 Å². The molecule has 6 N–H and O–H groups in total. The summed E-state index contributed by atoms with van der Waals surface area (Å²) in [5.41, 5.74) is 7.56. The van der Waals surface area contributed by atoms with Crippen LogP contribution in [0.3, 0.4) is 0 Å². The lowest BCUT2D eigenvalue weighted by Crippen LogP contribution is -2.54. The molecule has 0 spiro atoms. The Kier molecular flexibility index (Phi) is 7.17. The minimum Gasteiger partial charge on any atom is -0.480 e. The van der Waals surface area contributed by atoms with Crippen molar-refractivity contribution in [3.63, 3.8) is 0 Å². The van der Waals surface area contributed by atoms with E-state index in [0.717, 1.165) is 22.9 Å². The van der Waals surface area contributed by atoms with Crippen molar-refractivity contribution < 1.29 is 19.5 Å². The molecule has 1 heterocycles. The van der Waals surface area contributed by atoms with Gasteiger partial charge in [0.1, 0.15) is 12.1 Å². The fraction of sp³-hybridized carbons (Fsp3) is 0.450.